The molecule has 0 aliphatic carbocycles. The first-order chi connectivity index (χ1) is 16.7. The van der Waals surface area contributed by atoms with Gasteiger partial charge in [-0.2, -0.15) is 0 Å². The van der Waals surface area contributed by atoms with Crippen LogP contribution in [0.15, 0.2) is 84.9 Å². The number of carbonyl (C=O) groups is 1. The number of ether oxygens (including phenoxy) is 1. The third-order valence-electron chi connectivity index (χ3n) is 7.07. The molecule has 6 heteroatoms. The van der Waals surface area contributed by atoms with E-state index in [-0.39, 0.29) is 36.0 Å². The maximum Gasteiger partial charge on any atom is 0.223 e. The number of hydrogen-bond donors (Lipinski definition) is 4. The fourth-order valence-corrected chi connectivity index (χ4v) is 5.30. The van der Waals surface area contributed by atoms with Crippen molar-refractivity contribution in [2.45, 2.75) is 31.1 Å². The van der Waals surface area contributed by atoms with Crippen molar-refractivity contribution in [3.63, 3.8) is 0 Å². The molecule has 5 atom stereocenters. The molecule has 2 fully saturated rings. The van der Waals surface area contributed by atoms with E-state index in [0.717, 1.165) is 24.2 Å². The summed E-state index contributed by atoms with van der Waals surface area (Å²) in [7, 11) is 1.67. The molecule has 0 radical (unpaired) electrons. The minimum absolute atomic E-state index is 0.0177. The second-order valence-corrected chi connectivity index (χ2v) is 9.09. The number of carbonyl (C=O) groups excluding carboxylic acids is 1. The highest BCUT2D eigenvalue weighted by Gasteiger charge is 2.49. The van der Waals surface area contributed by atoms with E-state index >= 15 is 0 Å². The standard InChI is InChI=1S/C28H32N4O2/c1-34-22-14-12-20(13-15-22)24-18-23(28(33)29-17-16-19-8-4-2-5-9-19)25-26(31-32-27(25)30-24)21-10-6-3-7-11-21/h2-15,23-27,30-32H,16-18H2,1H3,(H,29,33). The zero-order chi connectivity index (χ0) is 23.3. The Bertz CT molecular complexity index is 1070. The zero-order valence-corrected chi connectivity index (χ0v) is 19.4. The van der Waals surface area contributed by atoms with Crippen LogP contribution in [0.3, 0.4) is 0 Å². The summed E-state index contributed by atoms with van der Waals surface area (Å²) in [5.41, 5.74) is 10.5. The monoisotopic (exact) mass is 456 g/mol. The zero-order valence-electron chi connectivity index (χ0n) is 19.4. The van der Waals surface area contributed by atoms with E-state index in [0.29, 0.717) is 6.54 Å². The fraction of sp³-hybridized carbons (Fsp3) is 0.321. The number of amides is 1. The first-order valence-corrected chi connectivity index (χ1v) is 12.0. The molecule has 3 aromatic carbocycles. The lowest BCUT2D eigenvalue weighted by Gasteiger charge is -2.40. The number of hydrazine groups is 1. The first-order valence-electron chi connectivity index (χ1n) is 12.0. The van der Waals surface area contributed by atoms with Crippen molar-refractivity contribution in [3.05, 3.63) is 102 Å². The number of methoxy groups -OCH3 is 1. The van der Waals surface area contributed by atoms with Crippen LogP contribution in [-0.2, 0) is 11.2 Å². The van der Waals surface area contributed by atoms with Gasteiger partial charge in [0, 0.05) is 24.4 Å². The van der Waals surface area contributed by atoms with Crippen molar-refractivity contribution in [2.24, 2.45) is 11.8 Å². The van der Waals surface area contributed by atoms with E-state index in [1.807, 2.05) is 36.4 Å². The lowest BCUT2D eigenvalue weighted by atomic mass is 9.74. The molecular formula is C28H32N4O2. The van der Waals surface area contributed by atoms with Crippen LogP contribution in [0, 0.1) is 11.8 Å². The van der Waals surface area contributed by atoms with Crippen LogP contribution in [0.1, 0.15) is 35.2 Å². The van der Waals surface area contributed by atoms with E-state index in [9.17, 15) is 4.79 Å². The Morgan fingerprint density at radius 3 is 2.32 bits per heavy atom. The van der Waals surface area contributed by atoms with Gasteiger partial charge in [0.1, 0.15) is 5.75 Å². The van der Waals surface area contributed by atoms with Crippen LogP contribution in [0.5, 0.6) is 5.75 Å². The van der Waals surface area contributed by atoms with Gasteiger partial charge in [-0.25, -0.2) is 10.9 Å². The Balaban J connectivity index is 1.35. The van der Waals surface area contributed by atoms with E-state index in [1.54, 1.807) is 7.11 Å². The van der Waals surface area contributed by atoms with Crippen LogP contribution < -0.4 is 26.2 Å². The Hall–Kier alpha value is -3.19. The van der Waals surface area contributed by atoms with Crippen LogP contribution in [0.4, 0.5) is 0 Å². The molecule has 176 valence electrons. The fourth-order valence-electron chi connectivity index (χ4n) is 5.30. The Morgan fingerprint density at radius 2 is 1.62 bits per heavy atom. The smallest absolute Gasteiger partial charge is 0.223 e. The molecule has 1 amide bonds. The summed E-state index contributed by atoms with van der Waals surface area (Å²) in [6.45, 7) is 0.633. The molecule has 0 spiro atoms. The van der Waals surface area contributed by atoms with Crippen molar-refractivity contribution in [3.8, 4) is 5.75 Å². The van der Waals surface area contributed by atoms with Crippen molar-refractivity contribution < 1.29 is 9.53 Å². The van der Waals surface area contributed by atoms with E-state index in [1.165, 1.54) is 11.1 Å². The molecule has 3 aromatic rings. The van der Waals surface area contributed by atoms with Gasteiger partial charge in [-0.3, -0.25) is 10.1 Å². The molecule has 0 bridgehead atoms. The first kappa shape index (κ1) is 22.6. The molecule has 2 heterocycles. The number of fused-ring (bicyclic) bond motifs is 1. The van der Waals surface area contributed by atoms with E-state index in [2.05, 4.69) is 70.0 Å². The summed E-state index contributed by atoms with van der Waals surface area (Å²) in [5.74, 6) is 0.908. The number of hydrogen-bond acceptors (Lipinski definition) is 5. The summed E-state index contributed by atoms with van der Waals surface area (Å²) >= 11 is 0. The van der Waals surface area contributed by atoms with Crippen LogP contribution >= 0.6 is 0 Å². The maximum atomic E-state index is 13.6. The van der Waals surface area contributed by atoms with Crippen molar-refractivity contribution >= 4 is 5.91 Å². The summed E-state index contributed by atoms with van der Waals surface area (Å²) < 4.78 is 5.32. The van der Waals surface area contributed by atoms with Gasteiger partial charge < -0.3 is 10.1 Å². The van der Waals surface area contributed by atoms with Gasteiger partial charge in [0.15, 0.2) is 0 Å². The number of piperidine rings is 1. The minimum atomic E-state index is -0.137. The molecule has 2 saturated heterocycles. The van der Waals surface area contributed by atoms with Crippen LogP contribution in [0.2, 0.25) is 0 Å². The predicted octanol–water partition coefficient (Wildman–Crippen LogP) is 3.50. The highest BCUT2D eigenvalue weighted by Crippen LogP contribution is 2.42. The quantitative estimate of drug-likeness (QED) is 0.438. The highest BCUT2D eigenvalue weighted by atomic mass is 16.5. The van der Waals surface area contributed by atoms with Gasteiger partial charge in [0.2, 0.25) is 5.91 Å². The molecule has 34 heavy (non-hydrogen) atoms. The molecule has 2 aliphatic rings. The van der Waals surface area contributed by atoms with E-state index < -0.39 is 0 Å². The second kappa shape index (κ2) is 10.4. The second-order valence-electron chi connectivity index (χ2n) is 9.09. The molecule has 0 aromatic heterocycles. The molecule has 5 rings (SSSR count). The molecule has 6 nitrogen and oxygen atoms in total. The van der Waals surface area contributed by atoms with Crippen molar-refractivity contribution in [2.75, 3.05) is 13.7 Å². The van der Waals surface area contributed by atoms with E-state index in [4.69, 9.17) is 4.74 Å². The SMILES string of the molecule is COc1ccc(C2CC(C(=O)NCCc3ccccc3)C3C(NNC3c3ccccc3)N2)cc1. The van der Waals surface area contributed by atoms with Gasteiger partial charge in [-0.05, 0) is 41.7 Å². The molecule has 4 N–H and O–H groups in total. The Kier molecular flexibility index (Phi) is 6.90. The lowest BCUT2D eigenvalue weighted by Crippen LogP contribution is -2.54. The van der Waals surface area contributed by atoms with Gasteiger partial charge in [-0.15, -0.1) is 0 Å². The predicted molar refractivity (Wildman–Crippen MR) is 133 cm³/mol. The van der Waals surface area contributed by atoms with Crippen LogP contribution in [0.25, 0.3) is 0 Å². The van der Waals surface area contributed by atoms with Crippen molar-refractivity contribution in [1.29, 1.82) is 0 Å². The summed E-state index contributed by atoms with van der Waals surface area (Å²) in [4.78, 5) is 13.6. The Labute approximate surface area is 201 Å². The molecule has 2 aliphatic heterocycles. The van der Waals surface area contributed by atoms with Gasteiger partial charge >= 0.3 is 0 Å². The topological polar surface area (TPSA) is 74.4 Å². The summed E-state index contributed by atoms with van der Waals surface area (Å²) in [6.07, 6.45) is 1.54. The number of rotatable bonds is 7. The summed E-state index contributed by atoms with van der Waals surface area (Å²) in [6, 6.07) is 28.9. The van der Waals surface area contributed by atoms with Crippen LogP contribution in [-0.4, -0.2) is 25.7 Å². The average molecular weight is 457 g/mol. The maximum absolute atomic E-state index is 13.6. The highest BCUT2D eigenvalue weighted by molar-refractivity contribution is 5.79. The summed E-state index contributed by atoms with van der Waals surface area (Å²) in [5, 5.41) is 6.97. The lowest BCUT2D eigenvalue weighted by molar-refractivity contribution is -0.128. The Morgan fingerprint density at radius 1 is 0.912 bits per heavy atom. The third kappa shape index (κ3) is 4.85. The number of benzene rings is 3. The minimum Gasteiger partial charge on any atom is -0.497 e. The normalized spacial score (nSPS) is 26.0. The molecule has 5 unspecified atom stereocenters. The largest absolute Gasteiger partial charge is 0.497 e. The van der Waals surface area contributed by atoms with Gasteiger partial charge in [0.05, 0.1) is 19.3 Å². The number of nitrogens with one attached hydrogen (secondary N) is 4. The third-order valence-corrected chi connectivity index (χ3v) is 7.07. The molecular weight excluding hydrogens is 424 g/mol. The van der Waals surface area contributed by atoms with Crippen molar-refractivity contribution in [1.82, 2.24) is 21.5 Å². The van der Waals surface area contributed by atoms with Gasteiger partial charge in [-0.1, -0.05) is 72.8 Å². The molecule has 0 saturated carbocycles. The van der Waals surface area contributed by atoms with Gasteiger partial charge in [0.25, 0.3) is 0 Å². The average Bonchev–Trinajstić information content (AvgIpc) is 3.33.